The predicted octanol–water partition coefficient (Wildman–Crippen LogP) is 3.94. The summed E-state index contributed by atoms with van der Waals surface area (Å²) in [4.78, 5) is 9.32. The molecule has 0 amide bonds. The first kappa shape index (κ1) is 15.2. The van der Waals surface area contributed by atoms with Crippen molar-refractivity contribution in [2.45, 2.75) is 39.5 Å². The molecule has 0 heterocycles. The number of aryl methyl sites for hydroxylation is 1. The summed E-state index contributed by atoms with van der Waals surface area (Å²) >= 11 is 0. The second-order valence-electron chi connectivity index (χ2n) is 4.08. The van der Waals surface area contributed by atoms with Gasteiger partial charge in [0.1, 0.15) is 5.75 Å². The van der Waals surface area contributed by atoms with Crippen molar-refractivity contribution < 1.29 is 18.5 Å². The minimum atomic E-state index is -3.96. The van der Waals surface area contributed by atoms with Gasteiger partial charge in [0, 0.05) is 0 Å². The molecule has 0 aliphatic heterocycles. The van der Waals surface area contributed by atoms with Crippen molar-refractivity contribution in [3.63, 3.8) is 0 Å². The Balaban J connectivity index is 2.52. The summed E-state index contributed by atoms with van der Waals surface area (Å²) in [6.07, 6.45) is 4.60. The summed E-state index contributed by atoms with van der Waals surface area (Å²) in [6, 6.07) is 7.22. The van der Waals surface area contributed by atoms with Crippen LogP contribution in [0.25, 0.3) is 0 Å². The molecule has 18 heavy (non-hydrogen) atoms. The molecule has 0 aliphatic carbocycles. The molecule has 0 saturated heterocycles. The number of rotatable bonds is 8. The lowest BCUT2D eigenvalue weighted by molar-refractivity contribution is 0.213. The zero-order valence-corrected chi connectivity index (χ0v) is 11.9. The van der Waals surface area contributed by atoms with E-state index in [1.807, 2.05) is 12.1 Å². The van der Waals surface area contributed by atoms with E-state index in [-0.39, 0.29) is 6.61 Å². The monoisotopic (exact) mass is 272 g/mol. The van der Waals surface area contributed by atoms with Crippen LogP contribution in [0.1, 0.15) is 38.7 Å². The second-order valence-corrected chi connectivity index (χ2v) is 5.46. The Morgan fingerprint density at radius 1 is 1.17 bits per heavy atom. The van der Waals surface area contributed by atoms with Crippen LogP contribution < -0.4 is 4.52 Å². The van der Waals surface area contributed by atoms with Gasteiger partial charge in [-0.25, -0.2) is 4.57 Å². The van der Waals surface area contributed by atoms with E-state index < -0.39 is 7.82 Å². The molecule has 1 aromatic carbocycles. The lowest BCUT2D eigenvalue weighted by Gasteiger charge is -2.12. The van der Waals surface area contributed by atoms with Crippen LogP contribution in [-0.4, -0.2) is 11.5 Å². The molecule has 102 valence electrons. The molecular formula is C13H21O4P. The molecule has 0 spiro atoms. The van der Waals surface area contributed by atoms with Crippen LogP contribution in [0.4, 0.5) is 0 Å². The molecule has 0 aromatic heterocycles. The summed E-state index contributed by atoms with van der Waals surface area (Å²) in [5.41, 5.74) is 1.21. The van der Waals surface area contributed by atoms with Crippen LogP contribution in [0, 0.1) is 0 Å². The van der Waals surface area contributed by atoms with Gasteiger partial charge in [0.25, 0.3) is 0 Å². The van der Waals surface area contributed by atoms with Gasteiger partial charge in [-0.1, -0.05) is 31.9 Å². The standard InChI is InChI=1S/C13H21O4P/c1-3-5-6-7-12-8-10-13(11-9-12)17-18(14,15)16-4-2/h8-11H,3-7H2,1-2H3,(H,14,15). The highest BCUT2D eigenvalue weighted by Gasteiger charge is 2.21. The van der Waals surface area contributed by atoms with Crippen molar-refractivity contribution in [1.29, 1.82) is 0 Å². The number of phosphoric acid groups is 1. The smallest absolute Gasteiger partial charge is 0.404 e. The van der Waals surface area contributed by atoms with Gasteiger partial charge < -0.3 is 4.52 Å². The number of hydrogen-bond donors (Lipinski definition) is 1. The van der Waals surface area contributed by atoms with Crippen molar-refractivity contribution >= 4 is 7.82 Å². The first-order valence-electron chi connectivity index (χ1n) is 6.33. The third kappa shape index (κ3) is 5.67. The summed E-state index contributed by atoms with van der Waals surface area (Å²) in [7, 11) is -3.96. The molecule has 0 saturated carbocycles. The molecule has 1 atom stereocenters. The number of phosphoric ester groups is 1. The Bertz CT molecular complexity index is 388. The third-order valence-corrected chi connectivity index (χ3v) is 3.53. The average molecular weight is 272 g/mol. The van der Waals surface area contributed by atoms with Gasteiger partial charge in [-0.15, -0.1) is 0 Å². The van der Waals surface area contributed by atoms with Gasteiger partial charge in [-0.2, -0.15) is 0 Å². The van der Waals surface area contributed by atoms with E-state index in [2.05, 4.69) is 11.4 Å². The quantitative estimate of drug-likeness (QED) is 0.575. The van der Waals surface area contributed by atoms with Gasteiger partial charge in [0.05, 0.1) is 6.61 Å². The molecule has 0 fully saturated rings. The van der Waals surface area contributed by atoms with Gasteiger partial charge in [0.2, 0.25) is 0 Å². The van der Waals surface area contributed by atoms with Gasteiger partial charge in [-0.3, -0.25) is 9.42 Å². The molecule has 1 N–H and O–H groups in total. The lowest BCUT2D eigenvalue weighted by Crippen LogP contribution is -1.97. The minimum absolute atomic E-state index is 0.142. The van der Waals surface area contributed by atoms with Gasteiger partial charge in [0.15, 0.2) is 0 Å². The molecular weight excluding hydrogens is 251 g/mol. The maximum Gasteiger partial charge on any atom is 0.527 e. The average Bonchev–Trinajstić information content (AvgIpc) is 2.31. The molecule has 0 aliphatic rings. The SMILES string of the molecule is CCCCCc1ccc(OP(=O)(O)OCC)cc1. The number of benzene rings is 1. The van der Waals surface area contributed by atoms with Crippen LogP contribution in [0.2, 0.25) is 0 Å². The highest BCUT2D eigenvalue weighted by atomic mass is 31.2. The maximum absolute atomic E-state index is 11.4. The zero-order chi connectivity index (χ0) is 13.4. The van der Waals surface area contributed by atoms with E-state index in [4.69, 9.17) is 4.52 Å². The Kier molecular flexibility index (Phi) is 6.41. The summed E-state index contributed by atoms with van der Waals surface area (Å²) in [6.45, 7) is 3.95. The van der Waals surface area contributed by atoms with Crippen LogP contribution in [0.5, 0.6) is 5.75 Å². The largest absolute Gasteiger partial charge is 0.527 e. The van der Waals surface area contributed by atoms with Crippen LogP contribution in [0.3, 0.4) is 0 Å². The topological polar surface area (TPSA) is 55.8 Å². The fourth-order valence-corrected chi connectivity index (χ4v) is 2.39. The first-order chi connectivity index (χ1) is 8.57. The first-order valence-corrected chi connectivity index (χ1v) is 7.83. The molecule has 1 aromatic rings. The molecule has 0 bridgehead atoms. The van der Waals surface area contributed by atoms with Crippen LogP contribution >= 0.6 is 7.82 Å². The van der Waals surface area contributed by atoms with E-state index in [1.54, 1.807) is 19.1 Å². The Labute approximate surface area is 109 Å². The fourth-order valence-electron chi connectivity index (χ4n) is 1.62. The molecule has 1 unspecified atom stereocenters. The van der Waals surface area contributed by atoms with Crippen molar-refractivity contribution in [2.24, 2.45) is 0 Å². The summed E-state index contributed by atoms with van der Waals surface area (Å²) in [5, 5.41) is 0. The number of hydrogen-bond acceptors (Lipinski definition) is 3. The Morgan fingerprint density at radius 3 is 2.39 bits per heavy atom. The van der Waals surface area contributed by atoms with Crippen LogP contribution in [0.15, 0.2) is 24.3 Å². The molecule has 5 heteroatoms. The molecule has 4 nitrogen and oxygen atoms in total. The van der Waals surface area contributed by atoms with Crippen molar-refractivity contribution in [3.05, 3.63) is 29.8 Å². The van der Waals surface area contributed by atoms with E-state index in [0.717, 1.165) is 12.8 Å². The van der Waals surface area contributed by atoms with E-state index in [9.17, 15) is 9.46 Å². The van der Waals surface area contributed by atoms with E-state index in [1.165, 1.54) is 18.4 Å². The zero-order valence-electron chi connectivity index (χ0n) is 11.0. The summed E-state index contributed by atoms with van der Waals surface area (Å²) in [5.74, 6) is 0.355. The second kappa shape index (κ2) is 7.57. The van der Waals surface area contributed by atoms with E-state index in [0.29, 0.717) is 5.75 Å². The number of unbranched alkanes of at least 4 members (excludes halogenated alkanes) is 2. The Morgan fingerprint density at radius 2 is 1.83 bits per heavy atom. The highest BCUT2D eigenvalue weighted by molar-refractivity contribution is 7.47. The van der Waals surface area contributed by atoms with Crippen molar-refractivity contribution in [3.8, 4) is 5.75 Å². The molecule has 1 rings (SSSR count). The normalized spacial score (nSPS) is 14.2. The highest BCUT2D eigenvalue weighted by Crippen LogP contribution is 2.43. The van der Waals surface area contributed by atoms with Gasteiger partial charge >= 0.3 is 7.82 Å². The third-order valence-electron chi connectivity index (χ3n) is 2.51. The fraction of sp³-hybridized carbons (Fsp3) is 0.538. The van der Waals surface area contributed by atoms with Crippen LogP contribution in [-0.2, 0) is 15.5 Å². The van der Waals surface area contributed by atoms with Gasteiger partial charge in [-0.05, 0) is 37.5 Å². The summed E-state index contributed by atoms with van der Waals surface area (Å²) < 4.78 is 20.9. The van der Waals surface area contributed by atoms with E-state index >= 15 is 0 Å². The Hall–Kier alpha value is -0.830. The maximum atomic E-state index is 11.4. The predicted molar refractivity (Wildman–Crippen MR) is 71.8 cm³/mol. The molecule has 0 radical (unpaired) electrons. The minimum Gasteiger partial charge on any atom is -0.404 e. The van der Waals surface area contributed by atoms with Crippen molar-refractivity contribution in [2.75, 3.05) is 6.61 Å². The van der Waals surface area contributed by atoms with Crippen molar-refractivity contribution in [1.82, 2.24) is 0 Å². The lowest BCUT2D eigenvalue weighted by atomic mass is 10.1.